The van der Waals surface area contributed by atoms with Crippen LogP contribution in [0.3, 0.4) is 0 Å². The van der Waals surface area contributed by atoms with Crippen LogP contribution in [0.5, 0.6) is 5.75 Å². The van der Waals surface area contributed by atoms with Crippen LogP contribution in [0.15, 0.2) is 91.0 Å². The first-order valence-electron chi connectivity index (χ1n) is 15.0. The number of likely N-dealkylation sites (N-methyl/N-ethyl adjacent to an activating group) is 1. The fraction of sp³-hybridized carbons (Fsp3) is 0.286. The minimum Gasteiger partial charge on any atom is -0.488 e. The molecule has 1 aliphatic heterocycles. The Balaban J connectivity index is 1.36. The maximum absolute atomic E-state index is 13.5. The number of ether oxygens (including phenoxy) is 1. The molecule has 1 aliphatic rings. The summed E-state index contributed by atoms with van der Waals surface area (Å²) in [6, 6.07) is 26.8. The molecule has 4 N–H and O–H groups in total. The molecule has 0 fully saturated rings. The van der Waals surface area contributed by atoms with E-state index in [1.54, 1.807) is 54.1 Å². The number of hydrogen-bond acceptors (Lipinski definition) is 5. The number of carbonyl (C=O) groups is 3. The quantitative estimate of drug-likeness (QED) is 0.211. The van der Waals surface area contributed by atoms with Crippen molar-refractivity contribution in [2.45, 2.75) is 32.4 Å². The minimum atomic E-state index is -0.480. The number of urea groups is 2. The lowest BCUT2D eigenvalue weighted by Crippen LogP contribution is -2.48. The zero-order valence-corrected chi connectivity index (χ0v) is 25.7. The van der Waals surface area contributed by atoms with Gasteiger partial charge in [0.2, 0.25) is 5.91 Å². The number of anilines is 3. The number of carbonyl (C=O) groups excluding carboxylic acids is 3. The summed E-state index contributed by atoms with van der Waals surface area (Å²) in [5.41, 5.74) is 2.45. The van der Waals surface area contributed by atoms with Gasteiger partial charge < -0.3 is 35.6 Å². The number of benzene rings is 4. The van der Waals surface area contributed by atoms with Crippen molar-refractivity contribution >= 4 is 45.8 Å². The third kappa shape index (κ3) is 7.71. The molecule has 4 aromatic carbocycles. The Bertz CT molecular complexity index is 1660. The van der Waals surface area contributed by atoms with E-state index in [-0.39, 0.29) is 37.4 Å². The summed E-state index contributed by atoms with van der Waals surface area (Å²) in [7, 11) is 1.71. The summed E-state index contributed by atoms with van der Waals surface area (Å²) < 4.78 is 6.54. The second kappa shape index (κ2) is 14.1. The first-order valence-corrected chi connectivity index (χ1v) is 15.0. The normalized spacial score (nSPS) is 17.2. The number of aliphatic hydroxyl groups is 1. The monoisotopic (exact) mass is 609 g/mol. The Morgan fingerprint density at radius 2 is 1.67 bits per heavy atom. The molecule has 5 rings (SSSR count). The van der Waals surface area contributed by atoms with E-state index in [1.165, 1.54) is 0 Å². The minimum absolute atomic E-state index is 0.0202. The average molecular weight is 610 g/mol. The molecule has 5 amide bonds. The molecular weight excluding hydrogens is 570 g/mol. The van der Waals surface area contributed by atoms with Crippen LogP contribution >= 0.6 is 0 Å². The molecular formula is C35H39N5O5. The first kappa shape index (κ1) is 31.3. The highest BCUT2D eigenvalue weighted by Crippen LogP contribution is 2.30. The first-order chi connectivity index (χ1) is 21.7. The molecule has 234 valence electrons. The number of para-hydroxylation sites is 1. The van der Waals surface area contributed by atoms with E-state index in [0.717, 1.165) is 10.8 Å². The fourth-order valence-corrected chi connectivity index (χ4v) is 5.44. The number of rotatable bonds is 7. The Kier molecular flexibility index (Phi) is 9.84. The SMILES string of the molecule is C[C@@H]1CN([C@@H](C)CO)C(=O)Cc2cc(NC(=O)Nc3ccccc3)ccc2O[C@H]1CN(C)C(=O)Nc1cccc2ccccc12. The molecule has 0 spiro atoms. The predicted octanol–water partition coefficient (Wildman–Crippen LogP) is 5.80. The zero-order valence-electron chi connectivity index (χ0n) is 25.7. The van der Waals surface area contributed by atoms with Crippen LogP contribution in [0.4, 0.5) is 26.7 Å². The van der Waals surface area contributed by atoms with Crippen LogP contribution < -0.4 is 20.7 Å². The lowest BCUT2D eigenvalue weighted by molar-refractivity contribution is -0.134. The highest BCUT2D eigenvalue weighted by atomic mass is 16.5. The number of nitrogens with one attached hydrogen (secondary N) is 3. The summed E-state index contributed by atoms with van der Waals surface area (Å²) >= 11 is 0. The Labute approximate surface area is 263 Å². The van der Waals surface area contributed by atoms with Gasteiger partial charge in [-0.15, -0.1) is 0 Å². The summed E-state index contributed by atoms with van der Waals surface area (Å²) in [5, 5.41) is 20.5. The number of amides is 5. The lowest BCUT2D eigenvalue weighted by Gasteiger charge is -2.34. The van der Waals surface area contributed by atoms with Crippen LogP contribution in [-0.4, -0.2) is 71.8 Å². The van der Waals surface area contributed by atoms with Gasteiger partial charge in [0.15, 0.2) is 0 Å². The Morgan fingerprint density at radius 1 is 0.956 bits per heavy atom. The van der Waals surface area contributed by atoms with Crippen molar-refractivity contribution in [3.05, 3.63) is 96.6 Å². The third-order valence-corrected chi connectivity index (χ3v) is 8.04. The highest BCUT2D eigenvalue weighted by Gasteiger charge is 2.32. The average Bonchev–Trinajstić information content (AvgIpc) is 3.08. The standard InChI is InChI=1S/C35H39N5O5/c1-23-20-40(24(2)22-41)33(42)19-26-18-28(37-34(43)36-27-12-5-4-6-13-27)16-17-31(26)45-32(23)21-39(3)35(44)38-30-15-9-11-25-10-7-8-14-29(25)30/h4-18,23-24,32,41H,19-22H2,1-3H3,(H,38,44)(H2,36,37,43)/t23-,24+,32+/m1/s1. The van der Waals surface area contributed by atoms with Crippen molar-refractivity contribution in [1.29, 1.82) is 0 Å². The number of hydrogen-bond donors (Lipinski definition) is 4. The topological polar surface area (TPSA) is 123 Å². The highest BCUT2D eigenvalue weighted by molar-refractivity contribution is 6.01. The molecule has 0 radical (unpaired) electrons. The van der Waals surface area contributed by atoms with E-state index < -0.39 is 18.2 Å². The van der Waals surface area contributed by atoms with Crippen molar-refractivity contribution in [3.63, 3.8) is 0 Å². The largest absolute Gasteiger partial charge is 0.488 e. The smallest absolute Gasteiger partial charge is 0.323 e. The lowest BCUT2D eigenvalue weighted by atomic mass is 10.0. The van der Waals surface area contributed by atoms with Crippen molar-refractivity contribution in [2.24, 2.45) is 5.92 Å². The van der Waals surface area contributed by atoms with Crippen molar-refractivity contribution < 1.29 is 24.2 Å². The van der Waals surface area contributed by atoms with E-state index in [0.29, 0.717) is 34.9 Å². The molecule has 3 atom stereocenters. The van der Waals surface area contributed by atoms with Crippen molar-refractivity contribution in [3.8, 4) is 5.75 Å². The van der Waals surface area contributed by atoms with Gasteiger partial charge in [0, 0.05) is 41.8 Å². The van der Waals surface area contributed by atoms with E-state index in [1.807, 2.05) is 67.6 Å². The van der Waals surface area contributed by atoms with Gasteiger partial charge in [-0.3, -0.25) is 4.79 Å². The predicted molar refractivity (Wildman–Crippen MR) is 177 cm³/mol. The van der Waals surface area contributed by atoms with Crippen molar-refractivity contribution in [2.75, 3.05) is 42.7 Å². The molecule has 1 heterocycles. The second-order valence-electron chi connectivity index (χ2n) is 11.5. The maximum Gasteiger partial charge on any atom is 0.323 e. The zero-order chi connectivity index (χ0) is 31.9. The second-order valence-corrected chi connectivity index (χ2v) is 11.5. The molecule has 0 saturated carbocycles. The fourth-order valence-electron chi connectivity index (χ4n) is 5.44. The molecule has 0 aromatic heterocycles. The molecule has 0 bridgehead atoms. The Hall–Kier alpha value is -5.09. The van der Waals surface area contributed by atoms with Gasteiger partial charge >= 0.3 is 12.1 Å². The van der Waals surface area contributed by atoms with E-state index in [4.69, 9.17) is 4.74 Å². The van der Waals surface area contributed by atoms with Crippen LogP contribution in [0.25, 0.3) is 10.8 Å². The van der Waals surface area contributed by atoms with Crippen molar-refractivity contribution in [1.82, 2.24) is 9.80 Å². The Morgan fingerprint density at radius 3 is 2.44 bits per heavy atom. The summed E-state index contributed by atoms with van der Waals surface area (Å²) in [6.07, 6.45) is -0.460. The molecule has 45 heavy (non-hydrogen) atoms. The van der Waals surface area contributed by atoms with Gasteiger partial charge in [0.25, 0.3) is 0 Å². The summed E-state index contributed by atoms with van der Waals surface area (Å²) in [4.78, 5) is 42.8. The number of nitrogens with zero attached hydrogens (tertiary/aromatic N) is 2. The molecule has 0 unspecified atom stereocenters. The van der Waals surface area contributed by atoms with Gasteiger partial charge in [-0.1, -0.05) is 61.5 Å². The molecule has 4 aromatic rings. The van der Waals surface area contributed by atoms with E-state index in [2.05, 4.69) is 16.0 Å². The van der Waals surface area contributed by atoms with Crippen LogP contribution in [0, 0.1) is 5.92 Å². The van der Waals surface area contributed by atoms with Crippen LogP contribution in [0.1, 0.15) is 19.4 Å². The summed E-state index contributed by atoms with van der Waals surface area (Å²) in [6.45, 7) is 4.16. The van der Waals surface area contributed by atoms with E-state index in [9.17, 15) is 19.5 Å². The van der Waals surface area contributed by atoms with Gasteiger partial charge in [-0.25, -0.2) is 9.59 Å². The molecule has 10 heteroatoms. The molecule has 10 nitrogen and oxygen atoms in total. The number of aliphatic hydroxyl groups excluding tert-OH is 1. The molecule has 0 aliphatic carbocycles. The van der Waals surface area contributed by atoms with Crippen LogP contribution in [0.2, 0.25) is 0 Å². The van der Waals surface area contributed by atoms with Gasteiger partial charge in [0.05, 0.1) is 31.3 Å². The third-order valence-electron chi connectivity index (χ3n) is 8.04. The van der Waals surface area contributed by atoms with Gasteiger partial charge in [-0.05, 0) is 48.7 Å². The summed E-state index contributed by atoms with van der Waals surface area (Å²) in [5.74, 6) is 0.147. The van der Waals surface area contributed by atoms with E-state index >= 15 is 0 Å². The molecule has 0 saturated heterocycles. The van der Waals surface area contributed by atoms with Gasteiger partial charge in [0.1, 0.15) is 11.9 Å². The van der Waals surface area contributed by atoms with Gasteiger partial charge in [-0.2, -0.15) is 0 Å². The maximum atomic E-state index is 13.5. The van der Waals surface area contributed by atoms with Crippen LogP contribution in [-0.2, 0) is 11.2 Å². The number of fused-ring (bicyclic) bond motifs is 2.